The Labute approximate surface area is 126 Å². The van der Waals surface area contributed by atoms with E-state index in [0.717, 1.165) is 32.1 Å². The first-order valence-electron chi connectivity index (χ1n) is 7.83. The summed E-state index contributed by atoms with van der Waals surface area (Å²) in [6.45, 7) is 4.71. The van der Waals surface area contributed by atoms with Gasteiger partial charge >= 0.3 is 0 Å². The molecule has 1 saturated heterocycles. The fraction of sp³-hybridized carbons (Fsp3) is 0.867. The summed E-state index contributed by atoms with van der Waals surface area (Å²) in [6.07, 6.45) is 5.86. The van der Waals surface area contributed by atoms with Gasteiger partial charge in [0.25, 0.3) is 0 Å². The summed E-state index contributed by atoms with van der Waals surface area (Å²) >= 11 is 0. The Bertz CT molecular complexity index is 414. The van der Waals surface area contributed by atoms with Crippen LogP contribution in [-0.2, 0) is 9.53 Å². The molecule has 0 aromatic carbocycles. The molecule has 1 unspecified atom stereocenters. The van der Waals surface area contributed by atoms with Gasteiger partial charge in [-0.3, -0.25) is 4.79 Å². The zero-order valence-electron chi connectivity index (χ0n) is 13.0. The van der Waals surface area contributed by atoms with Crippen molar-refractivity contribution in [2.24, 2.45) is 16.3 Å². The quantitative estimate of drug-likeness (QED) is 0.320. The van der Waals surface area contributed by atoms with Crippen molar-refractivity contribution in [3.63, 3.8) is 0 Å². The maximum Gasteiger partial charge on any atom is 0.234 e. The van der Waals surface area contributed by atoms with Crippen molar-refractivity contribution in [2.75, 3.05) is 6.61 Å². The molecule has 1 aliphatic carbocycles. The lowest BCUT2D eigenvalue weighted by Crippen LogP contribution is -2.55. The van der Waals surface area contributed by atoms with E-state index in [2.05, 4.69) is 10.5 Å². The first-order chi connectivity index (χ1) is 9.89. The number of nitrogens with zero attached hydrogens (tertiary/aromatic N) is 1. The number of amidine groups is 1. The van der Waals surface area contributed by atoms with E-state index in [0.29, 0.717) is 19.4 Å². The summed E-state index contributed by atoms with van der Waals surface area (Å²) in [4.78, 5) is 12.8. The minimum Gasteiger partial charge on any atom is -0.409 e. The van der Waals surface area contributed by atoms with Gasteiger partial charge in [0, 0.05) is 12.6 Å². The lowest BCUT2D eigenvalue weighted by molar-refractivity contribution is -0.132. The molecule has 2 rings (SSSR count). The van der Waals surface area contributed by atoms with Crippen molar-refractivity contribution in [2.45, 2.75) is 70.4 Å². The molecule has 2 aliphatic rings. The van der Waals surface area contributed by atoms with Crippen molar-refractivity contribution in [1.29, 1.82) is 0 Å². The van der Waals surface area contributed by atoms with Crippen LogP contribution in [0.4, 0.5) is 0 Å². The molecular formula is C15H27N3O3. The topological polar surface area (TPSA) is 96.9 Å². The highest BCUT2D eigenvalue weighted by Gasteiger charge is 2.45. The molecule has 2 fully saturated rings. The molecule has 0 spiro atoms. The maximum atomic E-state index is 12.8. The molecule has 1 heterocycles. The molecule has 1 atom stereocenters. The average molecular weight is 297 g/mol. The number of amides is 1. The Balaban J connectivity index is 2.08. The number of carbonyl (C=O) groups excluding carboxylic acids is 1. The average Bonchev–Trinajstić information content (AvgIpc) is 2.46. The van der Waals surface area contributed by atoms with Crippen LogP contribution in [0.5, 0.6) is 0 Å². The minimum atomic E-state index is -0.838. The van der Waals surface area contributed by atoms with E-state index in [-0.39, 0.29) is 23.4 Å². The first-order valence-corrected chi connectivity index (χ1v) is 7.83. The number of oxime groups is 1. The lowest BCUT2D eigenvalue weighted by atomic mass is 9.72. The Kier molecular flexibility index (Phi) is 4.76. The molecule has 21 heavy (non-hydrogen) atoms. The number of nitrogens with one attached hydrogen (secondary N) is 1. The van der Waals surface area contributed by atoms with Gasteiger partial charge in [0.05, 0.1) is 5.60 Å². The molecule has 0 radical (unpaired) electrons. The molecule has 6 nitrogen and oxygen atoms in total. The second kappa shape index (κ2) is 6.22. The molecular weight excluding hydrogens is 270 g/mol. The van der Waals surface area contributed by atoms with Crippen LogP contribution >= 0.6 is 0 Å². The Morgan fingerprint density at radius 1 is 1.33 bits per heavy atom. The number of hydrogen-bond acceptors (Lipinski definition) is 4. The second-order valence-corrected chi connectivity index (χ2v) is 6.90. The molecule has 1 aliphatic heterocycles. The van der Waals surface area contributed by atoms with Crippen LogP contribution in [0.2, 0.25) is 0 Å². The highest BCUT2D eigenvalue weighted by atomic mass is 16.5. The summed E-state index contributed by atoms with van der Waals surface area (Å²) in [5, 5.41) is 15.3. The van der Waals surface area contributed by atoms with E-state index >= 15 is 0 Å². The lowest BCUT2D eigenvalue weighted by Gasteiger charge is -2.39. The monoisotopic (exact) mass is 297 g/mol. The normalized spacial score (nSPS) is 28.9. The van der Waals surface area contributed by atoms with Crippen molar-refractivity contribution in [3.05, 3.63) is 0 Å². The van der Waals surface area contributed by atoms with Crippen LogP contribution in [0.3, 0.4) is 0 Å². The molecule has 0 aromatic rings. The van der Waals surface area contributed by atoms with Crippen molar-refractivity contribution in [3.8, 4) is 0 Å². The van der Waals surface area contributed by atoms with Crippen LogP contribution < -0.4 is 11.1 Å². The Morgan fingerprint density at radius 2 is 2.00 bits per heavy atom. The molecule has 6 heteroatoms. The largest absolute Gasteiger partial charge is 0.409 e. The van der Waals surface area contributed by atoms with Gasteiger partial charge in [0.2, 0.25) is 5.91 Å². The fourth-order valence-corrected chi connectivity index (χ4v) is 3.53. The van der Waals surface area contributed by atoms with Gasteiger partial charge in [-0.05, 0) is 39.5 Å². The third-order valence-electron chi connectivity index (χ3n) is 4.77. The van der Waals surface area contributed by atoms with E-state index in [4.69, 9.17) is 15.7 Å². The van der Waals surface area contributed by atoms with Crippen molar-refractivity contribution < 1.29 is 14.7 Å². The molecule has 1 amide bonds. The van der Waals surface area contributed by atoms with E-state index in [9.17, 15) is 4.79 Å². The smallest absolute Gasteiger partial charge is 0.234 e. The Morgan fingerprint density at radius 3 is 2.57 bits per heavy atom. The summed E-state index contributed by atoms with van der Waals surface area (Å²) in [6, 6.07) is 0.0894. The first kappa shape index (κ1) is 16.1. The maximum absolute atomic E-state index is 12.8. The van der Waals surface area contributed by atoms with Gasteiger partial charge < -0.3 is 21.0 Å². The van der Waals surface area contributed by atoms with Crippen LogP contribution in [0.15, 0.2) is 5.16 Å². The number of carbonyl (C=O) groups is 1. The molecule has 120 valence electrons. The number of hydrogen-bond donors (Lipinski definition) is 3. The van der Waals surface area contributed by atoms with Gasteiger partial charge in [0.15, 0.2) is 5.84 Å². The summed E-state index contributed by atoms with van der Waals surface area (Å²) < 4.78 is 5.68. The zero-order chi connectivity index (χ0) is 15.5. The van der Waals surface area contributed by atoms with E-state index in [1.807, 2.05) is 13.8 Å². The van der Waals surface area contributed by atoms with E-state index in [1.54, 1.807) is 0 Å². The van der Waals surface area contributed by atoms with Gasteiger partial charge in [-0.25, -0.2) is 0 Å². The summed E-state index contributed by atoms with van der Waals surface area (Å²) in [5.41, 5.74) is 4.80. The highest BCUT2D eigenvalue weighted by molar-refractivity contribution is 6.06. The number of ether oxygens (including phenoxy) is 1. The van der Waals surface area contributed by atoms with E-state index < -0.39 is 5.41 Å². The van der Waals surface area contributed by atoms with Crippen LogP contribution in [0.25, 0.3) is 0 Å². The van der Waals surface area contributed by atoms with Gasteiger partial charge in [-0.2, -0.15) is 0 Å². The van der Waals surface area contributed by atoms with Gasteiger partial charge in [-0.15, -0.1) is 0 Å². The second-order valence-electron chi connectivity index (χ2n) is 6.90. The predicted molar refractivity (Wildman–Crippen MR) is 80.1 cm³/mol. The van der Waals surface area contributed by atoms with Crippen LogP contribution in [0, 0.1) is 5.41 Å². The van der Waals surface area contributed by atoms with Crippen molar-refractivity contribution >= 4 is 11.7 Å². The molecule has 0 bridgehead atoms. The molecule has 1 saturated carbocycles. The van der Waals surface area contributed by atoms with Gasteiger partial charge in [0.1, 0.15) is 5.41 Å². The third-order valence-corrected chi connectivity index (χ3v) is 4.77. The van der Waals surface area contributed by atoms with Gasteiger partial charge in [-0.1, -0.05) is 24.4 Å². The van der Waals surface area contributed by atoms with Crippen molar-refractivity contribution in [1.82, 2.24) is 5.32 Å². The minimum absolute atomic E-state index is 0.0472. The zero-order valence-corrected chi connectivity index (χ0v) is 13.0. The van der Waals surface area contributed by atoms with Crippen LogP contribution in [-0.4, -0.2) is 35.2 Å². The number of rotatable bonds is 3. The highest BCUT2D eigenvalue weighted by Crippen LogP contribution is 2.37. The summed E-state index contributed by atoms with van der Waals surface area (Å²) in [7, 11) is 0. The molecule has 4 N–H and O–H groups in total. The third kappa shape index (κ3) is 3.48. The Hall–Kier alpha value is -1.30. The van der Waals surface area contributed by atoms with Crippen LogP contribution in [0.1, 0.15) is 58.8 Å². The molecule has 0 aromatic heterocycles. The fourth-order valence-electron chi connectivity index (χ4n) is 3.53. The van der Waals surface area contributed by atoms with E-state index in [1.165, 1.54) is 0 Å². The summed E-state index contributed by atoms with van der Waals surface area (Å²) in [5.74, 6) is -0.0498. The SMILES string of the molecule is CC1(C)CC(NC(=O)C2(C(N)=NO)CCCCC2)CCO1. The predicted octanol–water partition coefficient (Wildman–Crippen LogP) is 1.76. The standard InChI is InChI=1S/C15H27N3O3/c1-14(2)10-11(6-9-21-14)17-13(19)15(12(16)18-20)7-4-3-5-8-15/h11,20H,3-10H2,1-2H3,(H2,16,18)(H,17,19). The number of nitrogens with two attached hydrogens (primary N) is 1.